The Bertz CT molecular complexity index is 447. The first kappa shape index (κ1) is 15.1. The van der Waals surface area contributed by atoms with Crippen LogP contribution < -0.4 is 0 Å². The SMILES string of the molecule is FC(F)(F)c1ccc([C@H](OC[C@H]2CO2)C(F)(F)F)cc1. The second-order valence-electron chi connectivity index (χ2n) is 4.33. The van der Waals surface area contributed by atoms with Crippen LogP contribution in [-0.2, 0) is 15.7 Å². The highest BCUT2D eigenvalue weighted by Crippen LogP contribution is 2.38. The van der Waals surface area contributed by atoms with Crippen molar-refractivity contribution in [2.75, 3.05) is 13.2 Å². The zero-order chi connectivity index (χ0) is 15.0. The predicted molar refractivity (Wildman–Crippen MR) is 55.9 cm³/mol. The molecule has 20 heavy (non-hydrogen) atoms. The molecule has 8 heteroatoms. The third-order valence-corrected chi connectivity index (χ3v) is 2.69. The molecule has 0 saturated carbocycles. The van der Waals surface area contributed by atoms with Gasteiger partial charge in [-0.25, -0.2) is 0 Å². The van der Waals surface area contributed by atoms with Gasteiger partial charge in [-0.15, -0.1) is 0 Å². The Morgan fingerprint density at radius 3 is 2.05 bits per heavy atom. The maximum atomic E-state index is 12.8. The van der Waals surface area contributed by atoms with E-state index in [4.69, 9.17) is 9.47 Å². The molecule has 1 heterocycles. The summed E-state index contributed by atoms with van der Waals surface area (Å²) in [6.07, 6.45) is -11.9. The van der Waals surface area contributed by atoms with Crippen molar-refractivity contribution in [3.8, 4) is 0 Å². The first-order chi connectivity index (χ1) is 9.18. The van der Waals surface area contributed by atoms with Crippen molar-refractivity contribution in [3.05, 3.63) is 35.4 Å². The van der Waals surface area contributed by atoms with E-state index in [9.17, 15) is 26.3 Å². The first-order valence-corrected chi connectivity index (χ1v) is 5.65. The van der Waals surface area contributed by atoms with Crippen LogP contribution >= 0.6 is 0 Å². The van der Waals surface area contributed by atoms with E-state index in [-0.39, 0.29) is 18.3 Å². The van der Waals surface area contributed by atoms with Crippen LogP contribution in [0.2, 0.25) is 0 Å². The molecule has 112 valence electrons. The highest BCUT2D eigenvalue weighted by atomic mass is 19.4. The van der Waals surface area contributed by atoms with Gasteiger partial charge in [-0.1, -0.05) is 12.1 Å². The average molecular weight is 300 g/mol. The van der Waals surface area contributed by atoms with E-state index in [0.717, 1.165) is 12.1 Å². The fourth-order valence-corrected chi connectivity index (χ4v) is 1.59. The van der Waals surface area contributed by atoms with Crippen molar-refractivity contribution >= 4 is 0 Å². The van der Waals surface area contributed by atoms with Gasteiger partial charge in [-0.05, 0) is 17.7 Å². The maximum Gasteiger partial charge on any atom is 0.418 e. The van der Waals surface area contributed by atoms with Crippen LogP contribution in [0.1, 0.15) is 17.2 Å². The molecule has 0 spiro atoms. The molecule has 0 unspecified atom stereocenters. The number of hydrogen-bond acceptors (Lipinski definition) is 2. The zero-order valence-electron chi connectivity index (χ0n) is 9.96. The van der Waals surface area contributed by atoms with Gasteiger partial charge in [-0.2, -0.15) is 26.3 Å². The van der Waals surface area contributed by atoms with Crippen LogP contribution in [0.5, 0.6) is 0 Å². The molecule has 2 rings (SSSR count). The lowest BCUT2D eigenvalue weighted by Crippen LogP contribution is -2.25. The summed E-state index contributed by atoms with van der Waals surface area (Å²) < 4.78 is 85.0. The van der Waals surface area contributed by atoms with Gasteiger partial charge in [0.25, 0.3) is 0 Å². The Kier molecular flexibility index (Phi) is 3.97. The van der Waals surface area contributed by atoms with Crippen molar-refractivity contribution in [2.45, 2.75) is 24.6 Å². The molecule has 0 bridgehead atoms. The third kappa shape index (κ3) is 3.86. The summed E-state index contributed by atoms with van der Waals surface area (Å²) in [5.41, 5.74) is -1.38. The Balaban J connectivity index is 2.15. The first-order valence-electron chi connectivity index (χ1n) is 5.65. The molecule has 1 aliphatic heterocycles. The monoisotopic (exact) mass is 300 g/mol. The van der Waals surface area contributed by atoms with Crippen LogP contribution in [0.15, 0.2) is 24.3 Å². The van der Waals surface area contributed by atoms with Crippen molar-refractivity contribution < 1.29 is 35.8 Å². The van der Waals surface area contributed by atoms with Gasteiger partial charge in [0.05, 0.1) is 18.8 Å². The van der Waals surface area contributed by atoms with Crippen LogP contribution in [-0.4, -0.2) is 25.5 Å². The molecule has 1 fully saturated rings. The van der Waals surface area contributed by atoms with E-state index in [0.29, 0.717) is 18.7 Å². The van der Waals surface area contributed by atoms with E-state index in [1.807, 2.05) is 0 Å². The minimum atomic E-state index is -4.70. The minimum absolute atomic E-state index is 0.245. The summed E-state index contributed by atoms with van der Waals surface area (Å²) in [6.45, 7) is 0.0861. The molecule has 0 aliphatic carbocycles. The summed E-state index contributed by atoms with van der Waals surface area (Å²) in [5.74, 6) is 0. The fourth-order valence-electron chi connectivity index (χ4n) is 1.59. The highest BCUT2D eigenvalue weighted by Gasteiger charge is 2.43. The van der Waals surface area contributed by atoms with E-state index >= 15 is 0 Å². The summed E-state index contributed by atoms with van der Waals surface area (Å²) in [7, 11) is 0. The van der Waals surface area contributed by atoms with E-state index < -0.39 is 24.0 Å². The Labute approximate surface area is 110 Å². The molecule has 2 nitrogen and oxygen atoms in total. The topological polar surface area (TPSA) is 21.8 Å². The molecule has 1 aromatic carbocycles. The molecule has 1 aromatic rings. The number of alkyl halides is 6. The number of halogens is 6. The molecule has 0 radical (unpaired) electrons. The minimum Gasteiger partial charge on any atom is -0.371 e. The number of benzene rings is 1. The molecule has 2 atom stereocenters. The molecule has 0 N–H and O–H groups in total. The van der Waals surface area contributed by atoms with Gasteiger partial charge in [0.2, 0.25) is 0 Å². The lowest BCUT2D eigenvalue weighted by molar-refractivity contribution is -0.224. The summed E-state index contributed by atoms with van der Waals surface area (Å²) in [4.78, 5) is 0. The summed E-state index contributed by atoms with van der Waals surface area (Å²) in [6, 6.07) is 2.75. The summed E-state index contributed by atoms with van der Waals surface area (Å²) in [5, 5.41) is 0. The van der Waals surface area contributed by atoms with Crippen LogP contribution in [0, 0.1) is 0 Å². The maximum absolute atomic E-state index is 12.8. The Morgan fingerprint density at radius 1 is 1.10 bits per heavy atom. The number of rotatable bonds is 4. The quantitative estimate of drug-likeness (QED) is 0.624. The Hall–Kier alpha value is -1.28. The van der Waals surface area contributed by atoms with Gasteiger partial charge in [0.15, 0.2) is 6.10 Å². The van der Waals surface area contributed by atoms with E-state index in [2.05, 4.69) is 0 Å². The molecular weight excluding hydrogens is 290 g/mol. The molecule has 1 aliphatic rings. The number of ether oxygens (including phenoxy) is 2. The smallest absolute Gasteiger partial charge is 0.371 e. The fraction of sp³-hybridized carbons (Fsp3) is 0.500. The number of epoxide rings is 1. The second-order valence-corrected chi connectivity index (χ2v) is 4.33. The van der Waals surface area contributed by atoms with Gasteiger partial charge >= 0.3 is 12.4 Å². The van der Waals surface area contributed by atoms with Gasteiger partial charge in [0, 0.05) is 0 Å². The molecule has 0 aromatic heterocycles. The van der Waals surface area contributed by atoms with Crippen LogP contribution in [0.3, 0.4) is 0 Å². The van der Waals surface area contributed by atoms with E-state index in [1.54, 1.807) is 0 Å². The number of hydrogen-bond donors (Lipinski definition) is 0. The second kappa shape index (κ2) is 5.25. The van der Waals surface area contributed by atoms with Crippen molar-refractivity contribution in [3.63, 3.8) is 0 Å². The Morgan fingerprint density at radius 2 is 1.65 bits per heavy atom. The zero-order valence-corrected chi connectivity index (χ0v) is 9.96. The lowest BCUT2D eigenvalue weighted by Gasteiger charge is -2.21. The van der Waals surface area contributed by atoms with Gasteiger partial charge in [0.1, 0.15) is 6.10 Å². The third-order valence-electron chi connectivity index (χ3n) is 2.69. The van der Waals surface area contributed by atoms with Crippen LogP contribution in [0.25, 0.3) is 0 Å². The molecule has 1 saturated heterocycles. The predicted octanol–water partition coefficient (Wildman–Crippen LogP) is 3.72. The normalized spacial score (nSPS) is 20.8. The lowest BCUT2D eigenvalue weighted by atomic mass is 10.1. The standard InChI is InChI=1S/C12H10F6O2/c13-11(14,15)8-3-1-7(2-4-8)10(12(16,17)18)20-6-9-5-19-9/h1-4,9-10H,5-6H2/t9-,10+/m1/s1. The highest BCUT2D eigenvalue weighted by molar-refractivity contribution is 5.26. The van der Waals surface area contributed by atoms with Crippen molar-refractivity contribution in [1.82, 2.24) is 0 Å². The van der Waals surface area contributed by atoms with Crippen molar-refractivity contribution in [2.24, 2.45) is 0 Å². The molecular formula is C12H10F6O2. The van der Waals surface area contributed by atoms with Crippen LogP contribution in [0.4, 0.5) is 26.3 Å². The van der Waals surface area contributed by atoms with E-state index in [1.165, 1.54) is 0 Å². The van der Waals surface area contributed by atoms with Crippen molar-refractivity contribution in [1.29, 1.82) is 0 Å². The van der Waals surface area contributed by atoms with Gasteiger partial charge < -0.3 is 9.47 Å². The summed E-state index contributed by atoms with van der Waals surface area (Å²) >= 11 is 0. The van der Waals surface area contributed by atoms with Gasteiger partial charge in [-0.3, -0.25) is 0 Å². The largest absolute Gasteiger partial charge is 0.418 e. The average Bonchev–Trinajstić information content (AvgIpc) is 3.11. The molecule has 0 amide bonds.